The normalized spacial score (nSPS) is 26.7. The molecule has 1 aliphatic rings. The molecule has 5 heteroatoms. The van der Waals surface area contributed by atoms with Gasteiger partial charge in [-0.05, 0) is 49.9 Å². The highest BCUT2D eigenvalue weighted by molar-refractivity contribution is 9.10. The summed E-state index contributed by atoms with van der Waals surface area (Å²) in [6.45, 7) is 0. The molecule has 2 rings (SSSR count). The van der Waals surface area contributed by atoms with Gasteiger partial charge < -0.3 is 0 Å². The van der Waals surface area contributed by atoms with E-state index >= 15 is 0 Å². The first-order chi connectivity index (χ1) is 8.15. The van der Waals surface area contributed by atoms with Crippen LogP contribution in [0.5, 0.6) is 0 Å². The lowest BCUT2D eigenvalue weighted by Gasteiger charge is -2.23. The van der Waals surface area contributed by atoms with Gasteiger partial charge in [-0.25, -0.2) is 8.60 Å². The number of rotatable bonds is 3. The van der Waals surface area contributed by atoms with Crippen LogP contribution in [-0.2, 0) is 15.3 Å². The Hall–Kier alpha value is -0.260. The predicted octanol–water partition coefficient (Wildman–Crippen LogP) is 3.77. The van der Waals surface area contributed by atoms with Crippen molar-refractivity contribution in [3.05, 3.63) is 28.7 Å². The van der Waals surface area contributed by atoms with Gasteiger partial charge in [0.25, 0.3) is 0 Å². The largest absolute Gasteiger partial charge is 0.283 e. The van der Waals surface area contributed by atoms with Gasteiger partial charge in [0.05, 0.1) is 11.0 Å². The molecule has 1 aromatic rings. The summed E-state index contributed by atoms with van der Waals surface area (Å²) in [6.07, 6.45) is 1.56. The fourth-order valence-electron chi connectivity index (χ4n) is 1.84. The van der Waals surface area contributed by atoms with Crippen molar-refractivity contribution in [1.29, 1.82) is 0 Å². The Morgan fingerprint density at radius 2 is 1.76 bits per heavy atom. The van der Waals surface area contributed by atoms with Crippen molar-refractivity contribution >= 4 is 27.0 Å². The van der Waals surface area contributed by atoms with Crippen molar-refractivity contribution in [2.75, 3.05) is 0 Å². The molecule has 0 saturated heterocycles. The minimum absolute atomic E-state index is 0.0773. The second-order valence-electron chi connectivity index (χ2n) is 4.16. The second kappa shape index (κ2) is 6.07. The second-order valence-corrected chi connectivity index (χ2v) is 6.21. The van der Waals surface area contributed by atoms with E-state index in [1.165, 1.54) is 0 Å². The SMILES string of the molecule is O=S(OC1CCC(F)CC1)c1ccc(Br)cc1. The highest BCUT2D eigenvalue weighted by Crippen LogP contribution is 2.25. The molecule has 0 bridgehead atoms. The lowest BCUT2D eigenvalue weighted by molar-refractivity contribution is 0.126. The Balaban J connectivity index is 1.91. The number of halogens is 2. The van der Waals surface area contributed by atoms with Crippen LogP contribution in [0.1, 0.15) is 25.7 Å². The van der Waals surface area contributed by atoms with E-state index in [9.17, 15) is 8.60 Å². The third-order valence-electron chi connectivity index (χ3n) is 2.83. The maximum absolute atomic E-state index is 12.9. The lowest BCUT2D eigenvalue weighted by atomic mass is 9.96. The lowest BCUT2D eigenvalue weighted by Crippen LogP contribution is -2.23. The summed E-state index contributed by atoms with van der Waals surface area (Å²) in [6, 6.07) is 7.19. The molecule has 1 saturated carbocycles. The summed E-state index contributed by atoms with van der Waals surface area (Å²) in [7, 11) is 0. The predicted molar refractivity (Wildman–Crippen MR) is 68.8 cm³/mol. The van der Waals surface area contributed by atoms with Crippen LogP contribution in [0, 0.1) is 0 Å². The topological polar surface area (TPSA) is 26.3 Å². The van der Waals surface area contributed by atoms with Crippen molar-refractivity contribution < 1.29 is 12.8 Å². The van der Waals surface area contributed by atoms with Crippen molar-refractivity contribution in [1.82, 2.24) is 0 Å². The van der Waals surface area contributed by atoms with Crippen LogP contribution in [0.2, 0.25) is 0 Å². The van der Waals surface area contributed by atoms with Gasteiger partial charge in [-0.3, -0.25) is 4.18 Å². The van der Waals surface area contributed by atoms with Gasteiger partial charge in [0, 0.05) is 4.47 Å². The summed E-state index contributed by atoms with van der Waals surface area (Å²) < 4.78 is 31.2. The highest BCUT2D eigenvalue weighted by Gasteiger charge is 2.23. The summed E-state index contributed by atoms with van der Waals surface area (Å²) in [4.78, 5) is 0.649. The summed E-state index contributed by atoms with van der Waals surface area (Å²) in [5.41, 5.74) is 0. The van der Waals surface area contributed by atoms with E-state index in [0.29, 0.717) is 30.6 Å². The first-order valence-electron chi connectivity index (χ1n) is 5.63. The zero-order valence-corrected chi connectivity index (χ0v) is 11.7. The van der Waals surface area contributed by atoms with E-state index in [2.05, 4.69) is 15.9 Å². The minimum atomic E-state index is -1.44. The Morgan fingerprint density at radius 3 is 2.35 bits per heavy atom. The van der Waals surface area contributed by atoms with E-state index < -0.39 is 17.3 Å². The number of alkyl halides is 1. The van der Waals surface area contributed by atoms with Gasteiger partial charge in [-0.2, -0.15) is 0 Å². The molecule has 0 spiro atoms. The molecule has 17 heavy (non-hydrogen) atoms. The maximum atomic E-state index is 12.9. The molecule has 1 atom stereocenters. The molecule has 0 heterocycles. The van der Waals surface area contributed by atoms with Crippen molar-refractivity contribution in [2.45, 2.75) is 42.9 Å². The van der Waals surface area contributed by atoms with Crippen LogP contribution in [-0.4, -0.2) is 16.5 Å². The average molecular weight is 321 g/mol. The van der Waals surface area contributed by atoms with Crippen molar-refractivity contribution in [2.24, 2.45) is 0 Å². The Bertz CT molecular complexity index is 388. The molecule has 1 unspecified atom stereocenters. The standard InChI is InChI=1S/C12H14BrFO2S/c13-9-1-7-12(8-2-9)17(15)16-11-5-3-10(14)4-6-11/h1-2,7-8,10-11H,3-6H2. The van der Waals surface area contributed by atoms with Crippen LogP contribution < -0.4 is 0 Å². The van der Waals surface area contributed by atoms with E-state index in [1.807, 2.05) is 12.1 Å². The molecule has 0 N–H and O–H groups in total. The fraction of sp³-hybridized carbons (Fsp3) is 0.500. The zero-order valence-electron chi connectivity index (χ0n) is 9.27. The molecule has 2 nitrogen and oxygen atoms in total. The van der Waals surface area contributed by atoms with Crippen LogP contribution in [0.15, 0.2) is 33.6 Å². The third kappa shape index (κ3) is 3.86. The first kappa shape index (κ1) is 13.2. The maximum Gasteiger partial charge on any atom is 0.189 e. The molecule has 0 amide bonds. The Kier molecular flexibility index (Phi) is 4.70. The van der Waals surface area contributed by atoms with Gasteiger partial charge in [-0.15, -0.1) is 0 Å². The van der Waals surface area contributed by atoms with E-state index in [4.69, 9.17) is 4.18 Å². The molecular formula is C12H14BrFO2S. The van der Waals surface area contributed by atoms with Gasteiger partial charge in [-0.1, -0.05) is 15.9 Å². The molecule has 0 aromatic heterocycles. The van der Waals surface area contributed by atoms with E-state index in [0.717, 1.165) is 4.47 Å². The monoisotopic (exact) mass is 320 g/mol. The number of hydrogen-bond acceptors (Lipinski definition) is 2. The number of hydrogen-bond donors (Lipinski definition) is 0. The molecule has 94 valence electrons. The fourth-order valence-corrected chi connectivity index (χ4v) is 3.02. The van der Waals surface area contributed by atoms with Crippen molar-refractivity contribution in [3.8, 4) is 0 Å². The van der Waals surface area contributed by atoms with E-state index in [1.54, 1.807) is 12.1 Å². The summed E-state index contributed by atoms with van der Waals surface area (Å²) in [5.74, 6) is 0. The van der Waals surface area contributed by atoms with Gasteiger partial charge in [0.1, 0.15) is 6.17 Å². The zero-order chi connectivity index (χ0) is 12.3. The van der Waals surface area contributed by atoms with Gasteiger partial charge >= 0.3 is 0 Å². The van der Waals surface area contributed by atoms with Gasteiger partial charge in [0.2, 0.25) is 0 Å². The van der Waals surface area contributed by atoms with Gasteiger partial charge in [0.15, 0.2) is 11.1 Å². The smallest absolute Gasteiger partial charge is 0.189 e. The van der Waals surface area contributed by atoms with E-state index in [-0.39, 0.29) is 6.10 Å². The summed E-state index contributed by atoms with van der Waals surface area (Å²) >= 11 is 1.87. The Morgan fingerprint density at radius 1 is 1.18 bits per heavy atom. The van der Waals surface area contributed by atoms with Crippen molar-refractivity contribution in [3.63, 3.8) is 0 Å². The van der Waals surface area contributed by atoms with Crippen LogP contribution in [0.25, 0.3) is 0 Å². The molecule has 1 fully saturated rings. The van der Waals surface area contributed by atoms with Crippen LogP contribution in [0.3, 0.4) is 0 Å². The average Bonchev–Trinajstić information content (AvgIpc) is 2.33. The molecular weight excluding hydrogens is 307 g/mol. The molecule has 1 aliphatic carbocycles. The van der Waals surface area contributed by atoms with Crippen LogP contribution in [0.4, 0.5) is 4.39 Å². The molecule has 1 aromatic carbocycles. The highest BCUT2D eigenvalue weighted by atomic mass is 79.9. The molecule has 0 aliphatic heterocycles. The molecule has 0 radical (unpaired) electrons. The number of benzene rings is 1. The third-order valence-corrected chi connectivity index (χ3v) is 4.47. The quantitative estimate of drug-likeness (QED) is 0.847. The van der Waals surface area contributed by atoms with Crippen LogP contribution >= 0.6 is 15.9 Å². The Labute approximate surface area is 111 Å². The first-order valence-corrected chi connectivity index (χ1v) is 7.50. The summed E-state index contributed by atoms with van der Waals surface area (Å²) in [5, 5.41) is 0. The minimum Gasteiger partial charge on any atom is -0.283 e.